The Labute approximate surface area is 135 Å². The van der Waals surface area contributed by atoms with Gasteiger partial charge in [-0.1, -0.05) is 36.4 Å². The van der Waals surface area contributed by atoms with Crippen LogP contribution in [0.15, 0.2) is 48.7 Å². The smallest absolute Gasteiger partial charge is 0.316 e. The molecule has 0 saturated heterocycles. The normalized spacial score (nSPS) is 19.7. The minimum Gasteiger partial charge on any atom is -0.468 e. The van der Waals surface area contributed by atoms with E-state index in [1.54, 1.807) is 0 Å². The highest BCUT2D eigenvalue weighted by atomic mass is 16.5. The number of ether oxygens (including phenoxy) is 1. The van der Waals surface area contributed by atoms with Gasteiger partial charge >= 0.3 is 5.97 Å². The van der Waals surface area contributed by atoms with E-state index in [4.69, 9.17) is 4.74 Å². The molecule has 118 valence electrons. The molecule has 1 heterocycles. The molecule has 0 atom stereocenters. The fraction of sp³-hybridized carbons (Fsp3) is 0.368. The summed E-state index contributed by atoms with van der Waals surface area (Å²) in [5.74, 6) is 0.707. The number of nitrogens with one attached hydrogen (secondary N) is 1. The number of hydrogen-bond donors (Lipinski definition) is 1. The van der Waals surface area contributed by atoms with Gasteiger partial charge < -0.3 is 10.1 Å². The number of methoxy groups -OCH3 is 1. The lowest BCUT2D eigenvalue weighted by Crippen LogP contribution is -2.23. The van der Waals surface area contributed by atoms with Gasteiger partial charge in [0.05, 0.1) is 18.1 Å². The quantitative estimate of drug-likeness (QED) is 0.860. The number of rotatable bonds is 5. The van der Waals surface area contributed by atoms with Crippen LogP contribution < -0.4 is 5.32 Å². The highest BCUT2D eigenvalue weighted by Crippen LogP contribution is 2.50. The summed E-state index contributed by atoms with van der Waals surface area (Å²) in [6.07, 6.45) is 5.75. The van der Waals surface area contributed by atoms with Crippen molar-refractivity contribution in [2.75, 3.05) is 12.4 Å². The van der Waals surface area contributed by atoms with Crippen LogP contribution in [0.4, 0.5) is 5.82 Å². The number of anilines is 1. The molecule has 4 heteroatoms. The van der Waals surface area contributed by atoms with Gasteiger partial charge in [-0.25, -0.2) is 4.98 Å². The van der Waals surface area contributed by atoms with Crippen molar-refractivity contribution in [2.24, 2.45) is 0 Å². The molecule has 2 saturated carbocycles. The molecule has 2 aliphatic carbocycles. The lowest BCUT2D eigenvalue weighted by atomic mass is 9.98. The van der Waals surface area contributed by atoms with Crippen molar-refractivity contribution in [1.82, 2.24) is 4.98 Å². The summed E-state index contributed by atoms with van der Waals surface area (Å²) in [6.45, 7) is 0. The van der Waals surface area contributed by atoms with E-state index in [0.717, 1.165) is 37.1 Å². The van der Waals surface area contributed by atoms with Gasteiger partial charge in [0.15, 0.2) is 0 Å². The van der Waals surface area contributed by atoms with Gasteiger partial charge in [-0.15, -0.1) is 0 Å². The molecule has 1 N–H and O–H groups in total. The van der Waals surface area contributed by atoms with E-state index in [-0.39, 0.29) is 11.5 Å². The van der Waals surface area contributed by atoms with Crippen LogP contribution in [-0.4, -0.2) is 18.1 Å². The Morgan fingerprint density at radius 2 is 1.78 bits per heavy atom. The summed E-state index contributed by atoms with van der Waals surface area (Å²) in [6, 6.07) is 14.5. The number of nitrogens with zero attached hydrogens (tertiary/aromatic N) is 1. The summed E-state index contributed by atoms with van der Waals surface area (Å²) >= 11 is 0. The molecule has 1 aromatic carbocycles. The van der Waals surface area contributed by atoms with Crippen molar-refractivity contribution in [3.8, 4) is 0 Å². The molecule has 1 aromatic heterocycles. The maximum atomic E-state index is 11.9. The Bertz CT molecular complexity index is 717. The molecule has 2 aromatic rings. The van der Waals surface area contributed by atoms with E-state index in [1.165, 1.54) is 12.7 Å². The molecule has 0 aliphatic heterocycles. The molecule has 4 rings (SSSR count). The van der Waals surface area contributed by atoms with Gasteiger partial charge in [0.2, 0.25) is 0 Å². The van der Waals surface area contributed by atoms with Crippen LogP contribution in [0.2, 0.25) is 0 Å². The Balaban J connectivity index is 1.53. The number of aromatic nitrogens is 1. The van der Waals surface area contributed by atoms with Gasteiger partial charge in [-0.2, -0.15) is 0 Å². The van der Waals surface area contributed by atoms with Gasteiger partial charge in [0.25, 0.3) is 0 Å². The van der Waals surface area contributed by atoms with Crippen molar-refractivity contribution in [3.05, 3.63) is 59.8 Å². The summed E-state index contributed by atoms with van der Waals surface area (Å²) in [5.41, 5.74) is 1.84. The Morgan fingerprint density at radius 1 is 1.04 bits per heavy atom. The Hall–Kier alpha value is -2.36. The molecule has 2 aliphatic rings. The zero-order valence-electron chi connectivity index (χ0n) is 13.2. The molecule has 0 bridgehead atoms. The van der Waals surface area contributed by atoms with Crippen molar-refractivity contribution in [2.45, 2.75) is 36.6 Å². The first kappa shape index (κ1) is 14.2. The number of esters is 1. The average Bonchev–Trinajstić information content (AvgIpc) is 3.51. The number of carbonyl (C=O) groups is 1. The third-order valence-electron chi connectivity index (χ3n) is 5.09. The van der Waals surface area contributed by atoms with E-state index >= 15 is 0 Å². The fourth-order valence-corrected chi connectivity index (χ4v) is 3.30. The molecule has 0 radical (unpaired) electrons. The van der Waals surface area contributed by atoms with Crippen LogP contribution in [0, 0.1) is 0 Å². The first-order valence-electron chi connectivity index (χ1n) is 8.07. The SMILES string of the molecule is COC(=O)C1(c2ccc(NC3(c4ccccc4)CC3)nc2)CC1. The predicted molar refractivity (Wildman–Crippen MR) is 88.1 cm³/mol. The number of pyridine rings is 1. The van der Waals surface area contributed by atoms with Crippen molar-refractivity contribution in [3.63, 3.8) is 0 Å². The molecule has 23 heavy (non-hydrogen) atoms. The second-order valence-corrected chi connectivity index (χ2v) is 6.58. The van der Waals surface area contributed by atoms with Crippen molar-refractivity contribution >= 4 is 11.8 Å². The van der Waals surface area contributed by atoms with E-state index in [1.807, 2.05) is 24.4 Å². The van der Waals surface area contributed by atoms with Crippen LogP contribution in [0.1, 0.15) is 36.8 Å². The van der Waals surface area contributed by atoms with E-state index in [9.17, 15) is 4.79 Å². The maximum absolute atomic E-state index is 11.9. The highest BCUT2D eigenvalue weighted by Gasteiger charge is 2.53. The summed E-state index contributed by atoms with van der Waals surface area (Å²) in [4.78, 5) is 16.5. The molecule has 0 unspecified atom stereocenters. The van der Waals surface area contributed by atoms with E-state index in [0.29, 0.717) is 0 Å². The lowest BCUT2D eigenvalue weighted by Gasteiger charge is -2.19. The predicted octanol–water partition coefficient (Wildman–Crippen LogP) is 3.39. The minimum atomic E-state index is -0.447. The Kier molecular flexibility index (Phi) is 3.15. The van der Waals surface area contributed by atoms with E-state index < -0.39 is 5.41 Å². The van der Waals surface area contributed by atoms with Crippen LogP contribution in [-0.2, 0) is 20.5 Å². The van der Waals surface area contributed by atoms with Crippen molar-refractivity contribution < 1.29 is 9.53 Å². The standard InChI is InChI=1S/C19H20N2O2/c1-23-17(22)18(9-10-18)15-7-8-16(20-13-15)21-19(11-12-19)14-5-3-2-4-6-14/h2-8,13H,9-12H2,1H3,(H,20,21). The monoisotopic (exact) mass is 308 g/mol. The van der Waals surface area contributed by atoms with Gasteiger partial charge in [0.1, 0.15) is 5.82 Å². The zero-order valence-corrected chi connectivity index (χ0v) is 13.2. The number of carbonyl (C=O) groups excluding carboxylic acids is 1. The average molecular weight is 308 g/mol. The molecule has 0 amide bonds. The zero-order chi connectivity index (χ0) is 15.9. The lowest BCUT2D eigenvalue weighted by molar-refractivity contribution is -0.143. The van der Waals surface area contributed by atoms with Gasteiger partial charge in [-0.05, 0) is 42.9 Å². The largest absolute Gasteiger partial charge is 0.468 e. The number of hydrogen-bond acceptors (Lipinski definition) is 4. The first-order chi connectivity index (χ1) is 11.2. The third-order valence-corrected chi connectivity index (χ3v) is 5.09. The maximum Gasteiger partial charge on any atom is 0.316 e. The van der Waals surface area contributed by atoms with Crippen molar-refractivity contribution in [1.29, 1.82) is 0 Å². The fourth-order valence-electron chi connectivity index (χ4n) is 3.30. The van der Waals surface area contributed by atoms with Gasteiger partial charge in [0, 0.05) is 6.20 Å². The Morgan fingerprint density at radius 3 is 2.30 bits per heavy atom. The third kappa shape index (κ3) is 2.38. The summed E-state index contributed by atoms with van der Waals surface area (Å²) in [5, 5.41) is 3.56. The number of benzene rings is 1. The molecule has 2 fully saturated rings. The van der Waals surface area contributed by atoms with E-state index in [2.05, 4.69) is 34.6 Å². The topological polar surface area (TPSA) is 51.2 Å². The second kappa shape index (κ2) is 5.08. The molecule has 0 spiro atoms. The summed E-state index contributed by atoms with van der Waals surface area (Å²) in [7, 11) is 1.45. The summed E-state index contributed by atoms with van der Waals surface area (Å²) < 4.78 is 4.93. The van der Waals surface area contributed by atoms with Crippen LogP contribution in [0.25, 0.3) is 0 Å². The van der Waals surface area contributed by atoms with Crippen LogP contribution in [0.5, 0.6) is 0 Å². The highest BCUT2D eigenvalue weighted by molar-refractivity contribution is 5.86. The first-order valence-corrected chi connectivity index (χ1v) is 8.07. The van der Waals surface area contributed by atoms with Gasteiger partial charge in [-0.3, -0.25) is 4.79 Å². The second-order valence-electron chi connectivity index (χ2n) is 6.58. The minimum absolute atomic E-state index is 0.0232. The van der Waals surface area contributed by atoms with Crippen LogP contribution >= 0.6 is 0 Å². The molecular weight excluding hydrogens is 288 g/mol. The molecular formula is C19H20N2O2. The molecule has 4 nitrogen and oxygen atoms in total. The van der Waals surface area contributed by atoms with Crippen LogP contribution in [0.3, 0.4) is 0 Å².